The van der Waals surface area contributed by atoms with E-state index in [0.717, 1.165) is 4.31 Å². The number of rotatable bonds is 5. The molecule has 23 heavy (non-hydrogen) atoms. The van der Waals surface area contributed by atoms with E-state index in [4.69, 9.17) is 30.9 Å². The third kappa shape index (κ3) is 3.52. The van der Waals surface area contributed by atoms with Crippen LogP contribution in [0.2, 0.25) is 5.02 Å². The van der Waals surface area contributed by atoms with Gasteiger partial charge in [-0.1, -0.05) is 11.6 Å². The Kier molecular flexibility index (Phi) is 5.35. The molecule has 0 amide bonds. The smallest absolute Gasteiger partial charge is 0.334 e. The van der Waals surface area contributed by atoms with Gasteiger partial charge in [-0.2, -0.15) is 4.31 Å². The van der Waals surface area contributed by atoms with Crippen LogP contribution < -0.4 is 9.47 Å². The van der Waals surface area contributed by atoms with Crippen LogP contribution in [0.1, 0.15) is 0 Å². The minimum atomic E-state index is -3.99. The SMILES string of the molecule is COc1cc(OC)c(S(=O)(=O)N2CCOC(C(=O)O)C2)cc1Cl. The Balaban J connectivity index is 2.43. The highest BCUT2D eigenvalue weighted by molar-refractivity contribution is 7.89. The Morgan fingerprint density at radius 2 is 2.00 bits per heavy atom. The molecular weight excluding hydrogens is 350 g/mol. The Morgan fingerprint density at radius 1 is 1.35 bits per heavy atom. The average Bonchev–Trinajstić information content (AvgIpc) is 2.54. The van der Waals surface area contributed by atoms with E-state index in [2.05, 4.69) is 0 Å². The maximum absolute atomic E-state index is 12.8. The van der Waals surface area contributed by atoms with Crippen LogP contribution in [0.15, 0.2) is 17.0 Å². The highest BCUT2D eigenvalue weighted by Crippen LogP contribution is 2.36. The average molecular weight is 366 g/mol. The van der Waals surface area contributed by atoms with E-state index in [0.29, 0.717) is 0 Å². The van der Waals surface area contributed by atoms with Crippen molar-refractivity contribution >= 4 is 27.6 Å². The Morgan fingerprint density at radius 3 is 2.57 bits per heavy atom. The minimum absolute atomic E-state index is 0.0115. The van der Waals surface area contributed by atoms with Gasteiger partial charge in [0.25, 0.3) is 0 Å². The normalized spacial score (nSPS) is 19.3. The van der Waals surface area contributed by atoms with Crippen LogP contribution in [0, 0.1) is 0 Å². The molecule has 128 valence electrons. The molecule has 1 N–H and O–H groups in total. The fourth-order valence-corrected chi connectivity index (χ4v) is 4.06. The van der Waals surface area contributed by atoms with Crippen LogP contribution in [0.5, 0.6) is 11.5 Å². The zero-order valence-corrected chi connectivity index (χ0v) is 14.1. The number of carbonyl (C=O) groups is 1. The van der Waals surface area contributed by atoms with E-state index in [1.54, 1.807) is 0 Å². The summed E-state index contributed by atoms with van der Waals surface area (Å²) in [4.78, 5) is 10.9. The quantitative estimate of drug-likeness (QED) is 0.824. The summed E-state index contributed by atoms with van der Waals surface area (Å²) >= 11 is 6.00. The number of sulfonamides is 1. The molecule has 1 heterocycles. The van der Waals surface area contributed by atoms with Crippen LogP contribution >= 0.6 is 11.6 Å². The van der Waals surface area contributed by atoms with Crippen molar-refractivity contribution in [2.45, 2.75) is 11.0 Å². The fourth-order valence-electron chi connectivity index (χ4n) is 2.17. The number of benzene rings is 1. The molecule has 1 aliphatic heterocycles. The van der Waals surface area contributed by atoms with Crippen molar-refractivity contribution in [3.63, 3.8) is 0 Å². The number of carboxylic acids is 1. The lowest BCUT2D eigenvalue weighted by Crippen LogP contribution is -2.48. The minimum Gasteiger partial charge on any atom is -0.495 e. The summed E-state index contributed by atoms with van der Waals surface area (Å²) in [6.07, 6.45) is -1.21. The molecule has 0 saturated carbocycles. The summed E-state index contributed by atoms with van der Waals surface area (Å²) in [6, 6.07) is 2.59. The molecule has 0 spiro atoms. The maximum atomic E-state index is 12.8. The van der Waals surface area contributed by atoms with Gasteiger partial charge < -0.3 is 19.3 Å². The van der Waals surface area contributed by atoms with E-state index in [1.807, 2.05) is 0 Å². The molecule has 2 rings (SSSR count). The number of carboxylic acid groups (broad SMARTS) is 1. The third-order valence-corrected chi connectivity index (χ3v) is 5.54. The molecule has 1 atom stereocenters. The molecule has 10 heteroatoms. The van der Waals surface area contributed by atoms with Crippen molar-refractivity contribution in [3.8, 4) is 11.5 Å². The van der Waals surface area contributed by atoms with Crippen molar-refractivity contribution < 1.29 is 32.5 Å². The van der Waals surface area contributed by atoms with Gasteiger partial charge in [-0.15, -0.1) is 0 Å². The first kappa shape index (κ1) is 17.8. The molecular formula is C13H16ClNO7S. The molecule has 1 aromatic rings. The molecule has 1 unspecified atom stereocenters. The predicted octanol–water partition coefficient (Wildman–Crippen LogP) is 0.831. The second-order valence-electron chi connectivity index (χ2n) is 4.70. The second-order valence-corrected chi connectivity index (χ2v) is 7.01. The van der Waals surface area contributed by atoms with E-state index < -0.39 is 22.1 Å². The van der Waals surface area contributed by atoms with Crippen molar-refractivity contribution in [3.05, 3.63) is 17.2 Å². The Labute approximate surface area is 138 Å². The molecule has 1 aromatic carbocycles. The van der Waals surface area contributed by atoms with Gasteiger partial charge >= 0.3 is 5.97 Å². The van der Waals surface area contributed by atoms with Crippen LogP contribution in [0.25, 0.3) is 0 Å². The monoisotopic (exact) mass is 365 g/mol. The standard InChI is InChI=1S/C13H16ClNO7S/c1-20-9-6-10(21-2)12(5-8(9)14)23(18,19)15-3-4-22-11(7-15)13(16)17/h5-6,11H,3-4,7H2,1-2H3,(H,16,17). The van der Waals surface area contributed by atoms with Gasteiger partial charge in [0.1, 0.15) is 16.4 Å². The zero-order valence-electron chi connectivity index (χ0n) is 12.5. The van der Waals surface area contributed by atoms with E-state index >= 15 is 0 Å². The number of methoxy groups -OCH3 is 2. The topological polar surface area (TPSA) is 102 Å². The summed E-state index contributed by atoms with van der Waals surface area (Å²) in [7, 11) is -1.28. The third-order valence-electron chi connectivity index (χ3n) is 3.36. The van der Waals surface area contributed by atoms with Crippen molar-refractivity contribution in [1.29, 1.82) is 0 Å². The van der Waals surface area contributed by atoms with E-state index in [-0.39, 0.29) is 41.1 Å². The number of hydrogen-bond donors (Lipinski definition) is 1. The summed E-state index contributed by atoms with van der Waals surface area (Å²) in [5, 5.41) is 9.10. The van der Waals surface area contributed by atoms with E-state index in [1.165, 1.54) is 26.4 Å². The van der Waals surface area contributed by atoms with Gasteiger partial charge in [-0.25, -0.2) is 13.2 Å². The van der Waals surface area contributed by atoms with Crippen molar-refractivity contribution in [2.24, 2.45) is 0 Å². The molecule has 0 aliphatic carbocycles. The number of hydrogen-bond acceptors (Lipinski definition) is 6. The molecule has 1 fully saturated rings. The van der Waals surface area contributed by atoms with Crippen LogP contribution in [-0.2, 0) is 19.6 Å². The lowest BCUT2D eigenvalue weighted by atomic mass is 10.3. The number of nitrogens with zero attached hydrogens (tertiary/aromatic N) is 1. The van der Waals surface area contributed by atoms with Crippen LogP contribution in [0.4, 0.5) is 0 Å². The maximum Gasteiger partial charge on any atom is 0.334 e. The number of ether oxygens (including phenoxy) is 3. The molecule has 8 nitrogen and oxygen atoms in total. The first-order valence-corrected chi connectivity index (χ1v) is 8.39. The van der Waals surface area contributed by atoms with Crippen molar-refractivity contribution in [2.75, 3.05) is 33.9 Å². The van der Waals surface area contributed by atoms with Gasteiger partial charge in [0.05, 0.1) is 32.4 Å². The largest absolute Gasteiger partial charge is 0.495 e. The zero-order chi connectivity index (χ0) is 17.2. The molecule has 0 bridgehead atoms. The summed E-state index contributed by atoms with van der Waals surface area (Å²) in [5.41, 5.74) is 0. The van der Waals surface area contributed by atoms with Crippen LogP contribution in [0.3, 0.4) is 0 Å². The van der Waals surface area contributed by atoms with Gasteiger partial charge in [0, 0.05) is 12.6 Å². The second kappa shape index (κ2) is 6.91. The first-order chi connectivity index (χ1) is 10.8. The highest BCUT2D eigenvalue weighted by atomic mass is 35.5. The number of morpholine rings is 1. The van der Waals surface area contributed by atoms with Gasteiger partial charge in [-0.3, -0.25) is 0 Å². The summed E-state index contributed by atoms with van der Waals surface area (Å²) < 4.78 is 41.8. The Bertz CT molecular complexity index is 707. The molecule has 0 aromatic heterocycles. The molecule has 1 aliphatic rings. The fraction of sp³-hybridized carbons (Fsp3) is 0.462. The van der Waals surface area contributed by atoms with Gasteiger partial charge in [0.15, 0.2) is 6.10 Å². The summed E-state index contributed by atoms with van der Waals surface area (Å²) in [5.74, 6) is -0.887. The van der Waals surface area contributed by atoms with Crippen molar-refractivity contribution in [1.82, 2.24) is 4.31 Å². The molecule has 0 radical (unpaired) electrons. The Hall–Kier alpha value is -1.55. The predicted molar refractivity (Wildman–Crippen MR) is 80.7 cm³/mol. The number of halogens is 1. The highest BCUT2D eigenvalue weighted by Gasteiger charge is 2.36. The molecule has 1 saturated heterocycles. The number of aliphatic carboxylic acids is 1. The van der Waals surface area contributed by atoms with Crippen LogP contribution in [-0.4, -0.2) is 63.8 Å². The first-order valence-electron chi connectivity index (χ1n) is 6.57. The lowest BCUT2D eigenvalue weighted by Gasteiger charge is -2.30. The van der Waals surface area contributed by atoms with Gasteiger partial charge in [-0.05, 0) is 6.07 Å². The van der Waals surface area contributed by atoms with E-state index in [9.17, 15) is 13.2 Å². The summed E-state index contributed by atoms with van der Waals surface area (Å²) in [6.45, 7) is -0.258. The lowest BCUT2D eigenvalue weighted by molar-refractivity contribution is -0.153. The van der Waals surface area contributed by atoms with Gasteiger partial charge in [0.2, 0.25) is 10.0 Å².